The minimum atomic E-state index is 0.0516. The summed E-state index contributed by atoms with van der Waals surface area (Å²) in [5.74, 6) is 1.61. The highest BCUT2D eigenvalue weighted by atomic mass is 32.1. The minimum Gasteiger partial charge on any atom is -0.493 e. The predicted molar refractivity (Wildman–Crippen MR) is 93.8 cm³/mol. The molecule has 1 aromatic carbocycles. The molecule has 2 aromatic heterocycles. The van der Waals surface area contributed by atoms with E-state index in [0.29, 0.717) is 26.1 Å². The van der Waals surface area contributed by atoms with Crippen molar-refractivity contribution in [3.8, 4) is 5.75 Å². The van der Waals surface area contributed by atoms with Crippen molar-refractivity contribution in [2.24, 2.45) is 0 Å². The van der Waals surface area contributed by atoms with E-state index in [1.165, 1.54) is 0 Å². The van der Waals surface area contributed by atoms with Crippen molar-refractivity contribution in [2.75, 3.05) is 6.61 Å². The summed E-state index contributed by atoms with van der Waals surface area (Å²) in [6.07, 6.45) is 1.96. The van der Waals surface area contributed by atoms with Crippen LogP contribution in [0.15, 0.2) is 70.7 Å². The van der Waals surface area contributed by atoms with Gasteiger partial charge in [0, 0.05) is 4.88 Å². The SMILES string of the molecule is O=C(CCOc1ccccc1)N(Cc1ccco1)Cc1cccs1. The van der Waals surface area contributed by atoms with Crippen LogP contribution >= 0.6 is 11.3 Å². The fourth-order valence-electron chi connectivity index (χ4n) is 2.34. The number of carbonyl (C=O) groups excluding carboxylic acids is 1. The lowest BCUT2D eigenvalue weighted by molar-refractivity contribution is -0.133. The highest BCUT2D eigenvalue weighted by molar-refractivity contribution is 7.09. The number of hydrogen-bond donors (Lipinski definition) is 0. The van der Waals surface area contributed by atoms with E-state index >= 15 is 0 Å². The van der Waals surface area contributed by atoms with Gasteiger partial charge in [-0.2, -0.15) is 0 Å². The van der Waals surface area contributed by atoms with Crippen LogP contribution in [0.4, 0.5) is 0 Å². The van der Waals surface area contributed by atoms with Crippen LogP contribution in [0, 0.1) is 0 Å². The first kappa shape index (κ1) is 16.3. The number of thiophene rings is 1. The molecule has 0 saturated heterocycles. The quantitative estimate of drug-likeness (QED) is 0.612. The van der Waals surface area contributed by atoms with E-state index < -0.39 is 0 Å². The number of para-hydroxylation sites is 1. The molecule has 124 valence electrons. The van der Waals surface area contributed by atoms with Gasteiger partial charge in [0.25, 0.3) is 0 Å². The maximum atomic E-state index is 12.6. The van der Waals surface area contributed by atoms with Crippen molar-refractivity contribution >= 4 is 17.2 Å². The van der Waals surface area contributed by atoms with Crippen molar-refractivity contribution in [3.05, 3.63) is 76.9 Å². The first-order chi connectivity index (χ1) is 11.8. The van der Waals surface area contributed by atoms with Gasteiger partial charge in [-0.1, -0.05) is 24.3 Å². The molecular weight excluding hydrogens is 322 g/mol. The Labute approximate surface area is 145 Å². The number of hydrogen-bond acceptors (Lipinski definition) is 4. The second kappa shape index (κ2) is 8.36. The average molecular weight is 341 g/mol. The summed E-state index contributed by atoms with van der Waals surface area (Å²) in [5.41, 5.74) is 0. The van der Waals surface area contributed by atoms with Gasteiger partial charge in [0.2, 0.25) is 5.91 Å². The molecule has 0 bridgehead atoms. The Bertz CT molecular complexity index is 687. The summed E-state index contributed by atoms with van der Waals surface area (Å²) in [7, 11) is 0. The summed E-state index contributed by atoms with van der Waals surface area (Å²) in [6.45, 7) is 1.42. The van der Waals surface area contributed by atoms with Crippen LogP contribution in [-0.4, -0.2) is 17.4 Å². The van der Waals surface area contributed by atoms with Gasteiger partial charge in [-0.25, -0.2) is 0 Å². The zero-order valence-electron chi connectivity index (χ0n) is 13.3. The molecular formula is C19H19NO3S. The van der Waals surface area contributed by atoms with Gasteiger partial charge < -0.3 is 14.1 Å². The maximum Gasteiger partial charge on any atom is 0.226 e. The van der Waals surface area contributed by atoms with E-state index in [-0.39, 0.29) is 5.91 Å². The van der Waals surface area contributed by atoms with Crippen molar-refractivity contribution in [1.29, 1.82) is 0 Å². The molecule has 4 nitrogen and oxygen atoms in total. The Hall–Kier alpha value is -2.53. The first-order valence-corrected chi connectivity index (χ1v) is 8.69. The summed E-state index contributed by atoms with van der Waals surface area (Å²) in [5, 5.41) is 2.02. The molecule has 0 radical (unpaired) electrons. The number of carbonyl (C=O) groups is 1. The number of furan rings is 1. The Morgan fingerprint density at radius 2 is 1.92 bits per heavy atom. The number of amides is 1. The van der Waals surface area contributed by atoms with E-state index in [2.05, 4.69) is 0 Å². The molecule has 24 heavy (non-hydrogen) atoms. The average Bonchev–Trinajstić information content (AvgIpc) is 3.29. The molecule has 0 spiro atoms. The second-order valence-corrected chi connectivity index (χ2v) is 6.35. The predicted octanol–water partition coefficient (Wildman–Crippen LogP) is 4.34. The van der Waals surface area contributed by atoms with E-state index in [1.54, 1.807) is 22.5 Å². The lowest BCUT2D eigenvalue weighted by Gasteiger charge is -2.21. The molecule has 0 N–H and O–H groups in total. The Morgan fingerprint density at radius 1 is 1.04 bits per heavy atom. The number of rotatable bonds is 8. The maximum absolute atomic E-state index is 12.6. The zero-order valence-corrected chi connectivity index (χ0v) is 14.1. The molecule has 0 saturated carbocycles. The molecule has 0 atom stereocenters. The molecule has 5 heteroatoms. The van der Waals surface area contributed by atoms with Crippen LogP contribution < -0.4 is 4.74 Å². The van der Waals surface area contributed by atoms with Gasteiger partial charge in [0.15, 0.2) is 0 Å². The number of nitrogens with zero attached hydrogens (tertiary/aromatic N) is 1. The van der Waals surface area contributed by atoms with E-state index in [0.717, 1.165) is 16.4 Å². The number of benzene rings is 1. The van der Waals surface area contributed by atoms with E-state index in [9.17, 15) is 4.79 Å². The molecule has 0 unspecified atom stereocenters. The van der Waals surface area contributed by atoms with E-state index in [1.807, 2.05) is 60.0 Å². The molecule has 0 aliphatic rings. The summed E-state index contributed by atoms with van der Waals surface area (Å²) >= 11 is 1.65. The third-order valence-corrected chi connectivity index (χ3v) is 4.40. The lowest BCUT2D eigenvalue weighted by atomic mass is 10.3. The van der Waals surface area contributed by atoms with Gasteiger partial charge in [-0.05, 0) is 35.7 Å². The van der Waals surface area contributed by atoms with Gasteiger partial charge >= 0.3 is 0 Å². The highest BCUT2D eigenvalue weighted by Gasteiger charge is 2.16. The fourth-order valence-corrected chi connectivity index (χ4v) is 3.06. The Morgan fingerprint density at radius 3 is 2.62 bits per heavy atom. The third-order valence-electron chi connectivity index (χ3n) is 3.53. The Balaban J connectivity index is 1.57. The third kappa shape index (κ3) is 4.73. The van der Waals surface area contributed by atoms with Crippen LogP contribution in [0.1, 0.15) is 17.1 Å². The number of ether oxygens (including phenoxy) is 1. The van der Waals surface area contributed by atoms with Gasteiger partial charge in [0.1, 0.15) is 11.5 Å². The summed E-state index contributed by atoms with van der Waals surface area (Å²) < 4.78 is 11.0. The van der Waals surface area contributed by atoms with Gasteiger partial charge in [-0.15, -0.1) is 11.3 Å². The molecule has 3 rings (SSSR count). The summed E-state index contributed by atoms with van der Waals surface area (Å²) in [4.78, 5) is 15.6. The van der Waals surface area contributed by atoms with E-state index in [4.69, 9.17) is 9.15 Å². The van der Waals surface area contributed by atoms with Crippen LogP contribution in [-0.2, 0) is 17.9 Å². The Kier molecular flexibility index (Phi) is 5.69. The van der Waals surface area contributed by atoms with Crippen LogP contribution in [0.25, 0.3) is 0 Å². The highest BCUT2D eigenvalue weighted by Crippen LogP contribution is 2.16. The minimum absolute atomic E-state index is 0.0516. The van der Waals surface area contributed by atoms with Crippen molar-refractivity contribution in [3.63, 3.8) is 0 Å². The van der Waals surface area contributed by atoms with Crippen LogP contribution in [0.2, 0.25) is 0 Å². The van der Waals surface area contributed by atoms with Crippen molar-refractivity contribution in [2.45, 2.75) is 19.5 Å². The standard InChI is InChI=1S/C19H19NO3S/c21-19(10-12-23-16-6-2-1-3-7-16)20(14-17-8-4-11-22-17)15-18-9-5-13-24-18/h1-9,11,13H,10,12,14-15H2. The van der Waals surface area contributed by atoms with Gasteiger partial charge in [-0.3, -0.25) is 4.79 Å². The molecule has 3 aromatic rings. The second-order valence-electron chi connectivity index (χ2n) is 5.32. The molecule has 0 aliphatic heterocycles. The molecule has 2 heterocycles. The largest absolute Gasteiger partial charge is 0.493 e. The smallest absolute Gasteiger partial charge is 0.226 e. The van der Waals surface area contributed by atoms with Gasteiger partial charge in [0.05, 0.1) is 32.4 Å². The fraction of sp³-hybridized carbons (Fsp3) is 0.211. The first-order valence-electron chi connectivity index (χ1n) is 7.81. The molecule has 0 fully saturated rings. The monoisotopic (exact) mass is 341 g/mol. The lowest BCUT2D eigenvalue weighted by Crippen LogP contribution is -2.30. The summed E-state index contributed by atoms with van der Waals surface area (Å²) in [6, 6.07) is 17.3. The van der Waals surface area contributed by atoms with Crippen LogP contribution in [0.5, 0.6) is 5.75 Å². The topological polar surface area (TPSA) is 42.7 Å². The molecule has 0 aliphatic carbocycles. The normalized spacial score (nSPS) is 10.5. The van der Waals surface area contributed by atoms with Crippen molar-refractivity contribution in [1.82, 2.24) is 4.90 Å². The van der Waals surface area contributed by atoms with Crippen molar-refractivity contribution < 1.29 is 13.9 Å². The molecule has 1 amide bonds. The van der Waals surface area contributed by atoms with Crippen LogP contribution in [0.3, 0.4) is 0 Å². The zero-order chi connectivity index (χ0) is 16.6.